The second-order valence-electron chi connectivity index (χ2n) is 5.25. The van der Waals surface area contributed by atoms with Gasteiger partial charge in [0.1, 0.15) is 0 Å². The summed E-state index contributed by atoms with van der Waals surface area (Å²) in [6.45, 7) is 2.21. The van der Waals surface area contributed by atoms with Crippen molar-refractivity contribution in [2.75, 3.05) is 0 Å². The molecule has 0 heterocycles. The van der Waals surface area contributed by atoms with E-state index in [4.69, 9.17) is 10.2 Å². The van der Waals surface area contributed by atoms with Gasteiger partial charge in [-0.15, -0.1) is 0 Å². The Morgan fingerprint density at radius 1 is 0.950 bits per heavy atom. The Morgan fingerprint density at radius 2 is 1.55 bits per heavy atom. The third-order valence-corrected chi connectivity index (χ3v) is 3.33. The molecule has 1 atom stereocenters. The van der Waals surface area contributed by atoms with Gasteiger partial charge in [0.15, 0.2) is 0 Å². The van der Waals surface area contributed by atoms with Crippen LogP contribution >= 0.6 is 0 Å². The highest BCUT2D eigenvalue weighted by Crippen LogP contribution is 2.12. The molecule has 20 heavy (non-hydrogen) atoms. The van der Waals surface area contributed by atoms with Crippen molar-refractivity contribution in [2.45, 2.75) is 71.1 Å². The predicted octanol–water partition coefficient (Wildman–Crippen LogP) is 4.25. The lowest BCUT2D eigenvalue weighted by molar-refractivity contribution is -0.148. The summed E-state index contributed by atoms with van der Waals surface area (Å²) in [5, 5.41) is 17.5. The van der Waals surface area contributed by atoms with Crippen molar-refractivity contribution in [2.24, 2.45) is 5.92 Å². The van der Waals surface area contributed by atoms with E-state index >= 15 is 0 Å². The summed E-state index contributed by atoms with van der Waals surface area (Å²) in [6.07, 6.45) is 13.5. The molecule has 0 saturated heterocycles. The van der Waals surface area contributed by atoms with Crippen molar-refractivity contribution in [1.29, 1.82) is 0 Å². The first kappa shape index (κ1) is 18.7. The van der Waals surface area contributed by atoms with Crippen molar-refractivity contribution < 1.29 is 19.8 Å². The fraction of sp³-hybridized carbons (Fsp3) is 0.750. The molecule has 0 aromatic heterocycles. The number of allylic oxidation sites excluding steroid dienone is 2. The average Bonchev–Trinajstić information content (AvgIpc) is 2.39. The van der Waals surface area contributed by atoms with Gasteiger partial charge in [-0.25, -0.2) is 0 Å². The summed E-state index contributed by atoms with van der Waals surface area (Å²) in [6, 6.07) is 0. The second kappa shape index (κ2) is 12.7. The Balaban J connectivity index is 3.58. The fourth-order valence-electron chi connectivity index (χ4n) is 2.08. The van der Waals surface area contributed by atoms with Crippen LogP contribution in [0.5, 0.6) is 0 Å². The normalized spacial score (nSPS) is 12.7. The summed E-state index contributed by atoms with van der Waals surface area (Å²) >= 11 is 0. The number of rotatable bonds is 13. The minimum absolute atomic E-state index is 0.304. The standard InChI is InChI=1S/C16H28O4/c1-2-3-4-5-6-7-8-9-10-11-12-14(16(19)20)13-15(17)18/h10-11,14H,2-9,12-13H2,1H3,(H,17,18)(H,19,20)/b11-10-. The van der Waals surface area contributed by atoms with Gasteiger partial charge in [-0.05, 0) is 19.3 Å². The number of unbranched alkanes of at least 4 members (excludes halogenated alkanes) is 7. The van der Waals surface area contributed by atoms with Crippen LogP contribution in [0, 0.1) is 5.92 Å². The fourth-order valence-corrected chi connectivity index (χ4v) is 2.08. The third kappa shape index (κ3) is 11.8. The quantitative estimate of drug-likeness (QED) is 0.391. The Morgan fingerprint density at radius 3 is 2.10 bits per heavy atom. The average molecular weight is 284 g/mol. The molecule has 0 aliphatic rings. The van der Waals surface area contributed by atoms with Gasteiger partial charge in [0.05, 0.1) is 12.3 Å². The maximum absolute atomic E-state index is 10.8. The topological polar surface area (TPSA) is 74.6 Å². The molecule has 0 radical (unpaired) electrons. The molecule has 2 N–H and O–H groups in total. The molecule has 4 nitrogen and oxygen atoms in total. The van der Waals surface area contributed by atoms with Crippen LogP contribution in [0.3, 0.4) is 0 Å². The molecule has 0 rings (SSSR count). The van der Waals surface area contributed by atoms with Gasteiger partial charge in [-0.2, -0.15) is 0 Å². The summed E-state index contributed by atoms with van der Waals surface area (Å²) in [7, 11) is 0. The number of hydrogen-bond donors (Lipinski definition) is 2. The monoisotopic (exact) mass is 284 g/mol. The van der Waals surface area contributed by atoms with Gasteiger partial charge in [-0.1, -0.05) is 57.6 Å². The molecule has 0 saturated carbocycles. The predicted molar refractivity (Wildman–Crippen MR) is 79.7 cm³/mol. The van der Waals surface area contributed by atoms with Crippen molar-refractivity contribution >= 4 is 11.9 Å². The van der Waals surface area contributed by atoms with E-state index in [1.165, 1.54) is 38.5 Å². The zero-order chi connectivity index (χ0) is 15.2. The van der Waals surface area contributed by atoms with Crippen LogP contribution in [0.25, 0.3) is 0 Å². The molecule has 0 fully saturated rings. The molecule has 0 aromatic carbocycles. The number of carbonyl (C=O) groups is 2. The van der Waals surface area contributed by atoms with Gasteiger partial charge in [0.25, 0.3) is 0 Å². The Kier molecular flexibility index (Phi) is 11.9. The van der Waals surface area contributed by atoms with Crippen LogP contribution in [0.2, 0.25) is 0 Å². The van der Waals surface area contributed by atoms with Crippen molar-refractivity contribution in [3.63, 3.8) is 0 Å². The van der Waals surface area contributed by atoms with E-state index in [9.17, 15) is 9.59 Å². The summed E-state index contributed by atoms with van der Waals surface area (Å²) in [5.74, 6) is -2.90. The molecular weight excluding hydrogens is 256 g/mol. The molecule has 4 heteroatoms. The largest absolute Gasteiger partial charge is 0.481 e. The number of hydrogen-bond acceptors (Lipinski definition) is 2. The first-order chi connectivity index (χ1) is 9.57. The molecule has 1 unspecified atom stereocenters. The van der Waals surface area contributed by atoms with Crippen molar-refractivity contribution in [3.05, 3.63) is 12.2 Å². The number of carboxylic acids is 2. The summed E-state index contributed by atoms with van der Waals surface area (Å²) < 4.78 is 0. The molecule has 0 spiro atoms. The van der Waals surface area contributed by atoms with E-state index in [1.807, 2.05) is 6.08 Å². The summed E-state index contributed by atoms with van der Waals surface area (Å²) in [5.41, 5.74) is 0. The maximum Gasteiger partial charge on any atom is 0.307 e. The van der Waals surface area contributed by atoms with Gasteiger partial charge in [0.2, 0.25) is 0 Å². The van der Waals surface area contributed by atoms with Gasteiger partial charge >= 0.3 is 11.9 Å². The van der Waals surface area contributed by atoms with E-state index in [0.717, 1.165) is 12.8 Å². The lowest BCUT2D eigenvalue weighted by Gasteiger charge is -2.05. The molecule has 116 valence electrons. The highest BCUT2D eigenvalue weighted by Gasteiger charge is 2.18. The smallest absolute Gasteiger partial charge is 0.307 e. The first-order valence-electron chi connectivity index (χ1n) is 7.67. The highest BCUT2D eigenvalue weighted by molar-refractivity contribution is 5.77. The SMILES string of the molecule is CCCCCCCCC/C=C\CC(CC(=O)O)C(=O)O. The molecule has 0 aliphatic heterocycles. The zero-order valence-corrected chi connectivity index (χ0v) is 12.5. The molecule has 0 amide bonds. The minimum Gasteiger partial charge on any atom is -0.481 e. The van der Waals surface area contributed by atoms with Crippen LogP contribution in [-0.2, 0) is 9.59 Å². The first-order valence-corrected chi connectivity index (χ1v) is 7.67. The Labute approximate surface area is 121 Å². The second-order valence-corrected chi connectivity index (χ2v) is 5.25. The summed E-state index contributed by atoms with van der Waals surface area (Å²) in [4.78, 5) is 21.3. The van der Waals surface area contributed by atoms with E-state index in [0.29, 0.717) is 6.42 Å². The Bertz CT molecular complexity index is 297. The van der Waals surface area contributed by atoms with E-state index in [1.54, 1.807) is 6.08 Å². The molecule has 0 bridgehead atoms. The number of aliphatic carboxylic acids is 2. The minimum atomic E-state index is -1.06. The van der Waals surface area contributed by atoms with Crippen LogP contribution in [0.15, 0.2) is 12.2 Å². The lowest BCUT2D eigenvalue weighted by atomic mass is 10.0. The molecule has 0 aliphatic carbocycles. The third-order valence-electron chi connectivity index (χ3n) is 3.33. The molecule has 0 aromatic rings. The van der Waals surface area contributed by atoms with Crippen LogP contribution in [0.4, 0.5) is 0 Å². The van der Waals surface area contributed by atoms with Crippen LogP contribution in [-0.4, -0.2) is 22.2 Å². The van der Waals surface area contributed by atoms with Gasteiger partial charge in [-0.3, -0.25) is 9.59 Å². The zero-order valence-electron chi connectivity index (χ0n) is 12.5. The molecular formula is C16H28O4. The Hall–Kier alpha value is -1.32. The van der Waals surface area contributed by atoms with Gasteiger partial charge < -0.3 is 10.2 Å². The lowest BCUT2D eigenvalue weighted by Crippen LogP contribution is -2.16. The van der Waals surface area contributed by atoms with E-state index in [-0.39, 0.29) is 6.42 Å². The van der Waals surface area contributed by atoms with Crippen LogP contribution < -0.4 is 0 Å². The van der Waals surface area contributed by atoms with Crippen molar-refractivity contribution in [1.82, 2.24) is 0 Å². The van der Waals surface area contributed by atoms with Crippen LogP contribution in [0.1, 0.15) is 71.1 Å². The van der Waals surface area contributed by atoms with Gasteiger partial charge in [0, 0.05) is 0 Å². The van der Waals surface area contributed by atoms with E-state index in [2.05, 4.69) is 6.92 Å². The highest BCUT2D eigenvalue weighted by atomic mass is 16.4. The maximum atomic E-state index is 10.8. The number of carboxylic acid groups (broad SMARTS) is 2. The van der Waals surface area contributed by atoms with E-state index < -0.39 is 17.9 Å². The van der Waals surface area contributed by atoms with Crippen molar-refractivity contribution in [3.8, 4) is 0 Å².